The van der Waals surface area contributed by atoms with Crippen molar-refractivity contribution in [1.82, 2.24) is 0 Å². The van der Waals surface area contributed by atoms with Gasteiger partial charge in [0.25, 0.3) is 0 Å². The predicted octanol–water partition coefficient (Wildman–Crippen LogP) is 19.5. The zero-order valence-corrected chi connectivity index (χ0v) is 46.4. The molecular weight excluding hydrogens is 853 g/mol. The third kappa shape index (κ3) is 45.0. The first-order chi connectivity index (χ1) is 34.1. The monoisotopic (exact) mass is 973 g/mol. The highest BCUT2D eigenvalue weighted by molar-refractivity contribution is 5.80. The molecule has 0 aromatic rings. The maximum absolute atomic E-state index is 12.5. The van der Waals surface area contributed by atoms with Crippen molar-refractivity contribution in [2.75, 3.05) is 26.4 Å². The minimum Gasteiger partial charge on any atom is -0.465 e. The molecule has 0 spiro atoms. The van der Waals surface area contributed by atoms with E-state index >= 15 is 0 Å². The average Bonchev–Trinajstić information content (AvgIpc) is 3.41. The Labute approximate surface area is 430 Å². The summed E-state index contributed by atoms with van der Waals surface area (Å²) in [6.45, 7) is 1.20. The molecular formula is C63H120O6. The molecule has 0 amide bonds. The van der Waals surface area contributed by atoms with Crippen LogP contribution in [-0.2, 0) is 19.1 Å². The van der Waals surface area contributed by atoms with E-state index in [0.29, 0.717) is 6.42 Å². The molecule has 0 bridgehead atoms. The highest BCUT2D eigenvalue weighted by Gasteiger charge is 2.36. The van der Waals surface area contributed by atoms with Crippen molar-refractivity contribution in [1.29, 1.82) is 0 Å². The van der Waals surface area contributed by atoms with E-state index in [1.54, 1.807) is 0 Å². The molecule has 0 radical (unpaired) electrons. The van der Waals surface area contributed by atoms with Gasteiger partial charge in [0.05, 0.1) is 31.0 Å². The number of rotatable bonds is 54. The van der Waals surface area contributed by atoms with Gasteiger partial charge >= 0.3 is 11.9 Å². The number of cyclic esters (lactones) is 2. The standard InChI is InChI=1S/C63H120O6/c1-2-3-4-5-6-7-8-9-10-11-12-13-14-15-16-17-18-19-20-21-22-23-24-25-26-27-28-29-30-31-32-33-34-35-36-37-38-39-40-41-42-43-44-45-46-47-48-49-50-51-52-53-54-60-55-61(66)68-58-63(56-64,57-65)59-69-62(60)67/h42-43,60,64-65H,2-41,44-59H2,1H3/b43-42+. The van der Waals surface area contributed by atoms with Crippen LogP contribution in [-0.4, -0.2) is 48.6 Å². The normalized spacial score (nSPS) is 15.4. The summed E-state index contributed by atoms with van der Waals surface area (Å²) in [4.78, 5) is 24.7. The lowest BCUT2D eigenvalue weighted by Crippen LogP contribution is -2.40. The van der Waals surface area contributed by atoms with Gasteiger partial charge in [-0.1, -0.05) is 314 Å². The molecule has 1 rings (SSSR count). The van der Waals surface area contributed by atoms with E-state index in [1.165, 1.54) is 302 Å². The van der Waals surface area contributed by atoms with Gasteiger partial charge < -0.3 is 19.7 Å². The van der Waals surface area contributed by atoms with Crippen molar-refractivity contribution >= 4 is 11.9 Å². The van der Waals surface area contributed by atoms with Crippen LogP contribution < -0.4 is 0 Å². The van der Waals surface area contributed by atoms with Gasteiger partial charge in [0, 0.05) is 0 Å². The second-order valence-electron chi connectivity index (χ2n) is 22.4. The number of carbonyl (C=O) groups is 2. The number of aliphatic hydroxyl groups is 2. The summed E-state index contributed by atoms with van der Waals surface area (Å²) >= 11 is 0. The van der Waals surface area contributed by atoms with Crippen LogP contribution in [0.4, 0.5) is 0 Å². The number of aliphatic hydroxyl groups excluding tert-OH is 2. The summed E-state index contributed by atoms with van der Waals surface area (Å²) < 4.78 is 10.6. The molecule has 1 saturated heterocycles. The number of hydrogen-bond donors (Lipinski definition) is 2. The smallest absolute Gasteiger partial charge is 0.309 e. The maximum atomic E-state index is 12.5. The number of carbonyl (C=O) groups excluding carboxylic acids is 2. The maximum Gasteiger partial charge on any atom is 0.309 e. The zero-order valence-electron chi connectivity index (χ0n) is 46.4. The molecule has 1 aliphatic heterocycles. The van der Waals surface area contributed by atoms with E-state index in [0.717, 1.165) is 19.3 Å². The first kappa shape index (κ1) is 65.6. The van der Waals surface area contributed by atoms with Crippen molar-refractivity contribution in [3.8, 4) is 0 Å². The summed E-state index contributed by atoms with van der Waals surface area (Å²) in [6, 6.07) is 0. The molecule has 1 fully saturated rings. The minimum absolute atomic E-state index is 0.000792. The van der Waals surface area contributed by atoms with Gasteiger partial charge in [0.15, 0.2) is 0 Å². The van der Waals surface area contributed by atoms with Gasteiger partial charge in [0.1, 0.15) is 13.2 Å². The van der Waals surface area contributed by atoms with Crippen LogP contribution in [0, 0.1) is 11.3 Å². The van der Waals surface area contributed by atoms with Gasteiger partial charge in [-0.15, -0.1) is 0 Å². The SMILES string of the molecule is CCCCCCCCCCCCCCCCCCCCCCCCCCCCCCCCCCCCCCCCC/C=C/CCCCCCCCCCCC1CC(=O)OCC(CO)(CO)COC1=O. The quantitative estimate of drug-likeness (QED) is 0.0358. The fourth-order valence-corrected chi connectivity index (χ4v) is 10.4. The van der Waals surface area contributed by atoms with Gasteiger partial charge in [0.2, 0.25) is 0 Å². The van der Waals surface area contributed by atoms with Crippen LogP contribution >= 0.6 is 0 Å². The molecule has 1 unspecified atom stereocenters. The van der Waals surface area contributed by atoms with Crippen LogP contribution in [0.5, 0.6) is 0 Å². The molecule has 6 heteroatoms. The molecule has 2 N–H and O–H groups in total. The van der Waals surface area contributed by atoms with Gasteiger partial charge in [-0.2, -0.15) is 0 Å². The third-order valence-electron chi connectivity index (χ3n) is 15.5. The lowest BCUT2D eigenvalue weighted by Gasteiger charge is -2.27. The number of unbranched alkanes of at least 4 members (excludes halogenated alkanes) is 48. The van der Waals surface area contributed by atoms with Crippen LogP contribution in [0.2, 0.25) is 0 Å². The Kier molecular flexibility index (Phi) is 50.3. The Morgan fingerprint density at radius 3 is 0.899 bits per heavy atom. The molecule has 0 aromatic carbocycles. The van der Waals surface area contributed by atoms with E-state index in [2.05, 4.69) is 19.1 Å². The molecule has 0 aromatic heterocycles. The molecule has 1 heterocycles. The molecule has 1 aliphatic rings. The molecule has 0 aliphatic carbocycles. The van der Waals surface area contributed by atoms with Crippen molar-refractivity contribution in [2.45, 2.75) is 341 Å². The van der Waals surface area contributed by atoms with Gasteiger partial charge in [-0.3, -0.25) is 9.59 Å². The first-order valence-electron chi connectivity index (χ1n) is 31.3. The van der Waals surface area contributed by atoms with E-state index < -0.39 is 36.5 Å². The highest BCUT2D eigenvalue weighted by Crippen LogP contribution is 2.25. The number of ether oxygens (including phenoxy) is 2. The molecule has 408 valence electrons. The Bertz CT molecular complexity index is 1090. The lowest BCUT2D eigenvalue weighted by atomic mass is 9.92. The Morgan fingerprint density at radius 2 is 0.623 bits per heavy atom. The minimum atomic E-state index is -1.13. The molecule has 1 atom stereocenters. The molecule has 69 heavy (non-hydrogen) atoms. The van der Waals surface area contributed by atoms with Crippen molar-refractivity contribution in [3.63, 3.8) is 0 Å². The summed E-state index contributed by atoms with van der Waals surface area (Å²) in [5, 5.41) is 19.2. The fraction of sp³-hybridized carbons (Fsp3) is 0.937. The number of esters is 2. The number of hydrogen-bond acceptors (Lipinski definition) is 6. The van der Waals surface area contributed by atoms with Crippen LogP contribution in [0.3, 0.4) is 0 Å². The summed E-state index contributed by atoms with van der Waals surface area (Å²) in [6.07, 6.45) is 75.7. The van der Waals surface area contributed by atoms with Gasteiger partial charge in [-0.25, -0.2) is 0 Å². The molecule has 0 saturated carbocycles. The average molecular weight is 974 g/mol. The van der Waals surface area contributed by atoms with E-state index in [-0.39, 0.29) is 19.6 Å². The van der Waals surface area contributed by atoms with E-state index in [9.17, 15) is 19.8 Å². The Morgan fingerprint density at radius 1 is 0.377 bits per heavy atom. The summed E-state index contributed by atoms with van der Waals surface area (Å²) in [5.41, 5.74) is -1.13. The molecule has 6 nitrogen and oxygen atoms in total. The predicted molar refractivity (Wildman–Crippen MR) is 297 cm³/mol. The van der Waals surface area contributed by atoms with E-state index in [4.69, 9.17) is 9.47 Å². The van der Waals surface area contributed by atoms with Crippen molar-refractivity contribution < 1.29 is 29.3 Å². The first-order valence-corrected chi connectivity index (χ1v) is 31.3. The van der Waals surface area contributed by atoms with Crippen LogP contribution in [0.15, 0.2) is 12.2 Å². The van der Waals surface area contributed by atoms with Crippen molar-refractivity contribution in [3.05, 3.63) is 12.2 Å². The zero-order chi connectivity index (χ0) is 49.7. The second kappa shape index (κ2) is 52.9. The Hall–Kier alpha value is -1.40. The van der Waals surface area contributed by atoms with E-state index in [1.807, 2.05) is 0 Å². The van der Waals surface area contributed by atoms with Crippen LogP contribution in [0.25, 0.3) is 0 Å². The Balaban J connectivity index is 1.69. The van der Waals surface area contributed by atoms with Crippen molar-refractivity contribution in [2.24, 2.45) is 11.3 Å². The summed E-state index contributed by atoms with van der Waals surface area (Å²) in [5.74, 6) is -1.41. The second-order valence-corrected chi connectivity index (χ2v) is 22.4. The lowest BCUT2D eigenvalue weighted by molar-refractivity contribution is -0.155. The highest BCUT2D eigenvalue weighted by atomic mass is 16.6. The number of allylic oxidation sites excluding steroid dienone is 2. The topological polar surface area (TPSA) is 93.1 Å². The van der Waals surface area contributed by atoms with Gasteiger partial charge in [-0.05, 0) is 32.1 Å². The fourth-order valence-electron chi connectivity index (χ4n) is 10.4. The largest absolute Gasteiger partial charge is 0.465 e. The summed E-state index contributed by atoms with van der Waals surface area (Å²) in [7, 11) is 0. The van der Waals surface area contributed by atoms with Crippen LogP contribution in [0.1, 0.15) is 341 Å². The third-order valence-corrected chi connectivity index (χ3v) is 15.5.